The average Bonchev–Trinajstić information content (AvgIpc) is 2.37. The molecule has 0 aliphatic rings. The van der Waals surface area contributed by atoms with Crippen molar-refractivity contribution in [2.75, 3.05) is 22.1 Å². The molecule has 0 radical (unpaired) electrons. The molecule has 98 valence electrons. The van der Waals surface area contributed by atoms with Gasteiger partial charge < -0.3 is 22.1 Å². The Hall–Kier alpha value is -2.83. The lowest BCUT2D eigenvalue weighted by Gasteiger charge is -2.09. The minimum atomic E-state index is -0.117. The fraction of sp³-hybridized carbons (Fsp3) is 0.0833. The zero-order chi connectivity index (χ0) is 13.8. The van der Waals surface area contributed by atoms with E-state index in [0.717, 1.165) is 5.69 Å². The maximum Gasteiger partial charge on any atom is 0.221 e. The molecule has 2 aromatic rings. The highest BCUT2D eigenvalue weighted by Gasteiger charge is 2.05. The maximum absolute atomic E-state index is 10.9. The summed E-state index contributed by atoms with van der Waals surface area (Å²) >= 11 is 0. The SMILES string of the molecule is CC(=O)Nc1ccc(Nc2ncnc(N)c2N)cc1. The van der Waals surface area contributed by atoms with Gasteiger partial charge in [-0.1, -0.05) is 0 Å². The van der Waals surface area contributed by atoms with E-state index in [0.29, 0.717) is 17.2 Å². The highest BCUT2D eigenvalue weighted by molar-refractivity contribution is 5.89. The predicted octanol–water partition coefficient (Wildman–Crippen LogP) is 1.34. The summed E-state index contributed by atoms with van der Waals surface area (Å²) < 4.78 is 0. The topological polar surface area (TPSA) is 119 Å². The van der Waals surface area contributed by atoms with Crippen LogP contribution >= 0.6 is 0 Å². The number of rotatable bonds is 3. The van der Waals surface area contributed by atoms with E-state index in [-0.39, 0.29) is 11.7 Å². The molecule has 2 rings (SSSR count). The summed E-state index contributed by atoms with van der Waals surface area (Å²) in [5.74, 6) is 0.556. The van der Waals surface area contributed by atoms with Crippen molar-refractivity contribution < 1.29 is 4.79 Å². The van der Waals surface area contributed by atoms with Crippen molar-refractivity contribution in [3.05, 3.63) is 30.6 Å². The number of anilines is 5. The molecule has 7 nitrogen and oxygen atoms in total. The second kappa shape index (κ2) is 5.21. The molecule has 0 atom stereocenters. The molecule has 1 amide bonds. The van der Waals surface area contributed by atoms with Crippen molar-refractivity contribution >= 4 is 34.6 Å². The lowest BCUT2D eigenvalue weighted by atomic mass is 10.2. The second-order valence-corrected chi connectivity index (χ2v) is 3.90. The van der Waals surface area contributed by atoms with Gasteiger partial charge in [0.2, 0.25) is 5.91 Å². The zero-order valence-corrected chi connectivity index (χ0v) is 10.3. The van der Waals surface area contributed by atoms with Gasteiger partial charge in [-0.05, 0) is 24.3 Å². The molecule has 7 heteroatoms. The number of amides is 1. The molecule has 0 aliphatic carbocycles. The summed E-state index contributed by atoms with van der Waals surface area (Å²) in [5, 5.41) is 5.70. The standard InChI is InChI=1S/C12H14N6O/c1-7(19)17-8-2-4-9(5-3-8)18-12-10(13)11(14)15-6-16-12/h2-6H,13H2,1H3,(H,17,19)(H3,14,15,16,18). The Morgan fingerprint density at radius 2 is 1.74 bits per heavy atom. The lowest BCUT2D eigenvalue weighted by Crippen LogP contribution is -2.06. The van der Waals surface area contributed by atoms with Gasteiger partial charge in [-0.25, -0.2) is 9.97 Å². The van der Waals surface area contributed by atoms with Crippen LogP contribution in [0.1, 0.15) is 6.92 Å². The molecule has 0 saturated carbocycles. The summed E-state index contributed by atoms with van der Waals surface area (Å²) in [5.41, 5.74) is 13.1. The molecule has 1 aromatic heterocycles. The quantitative estimate of drug-likeness (QED) is 0.659. The summed E-state index contributed by atoms with van der Waals surface area (Å²) in [4.78, 5) is 18.7. The van der Waals surface area contributed by atoms with Crippen molar-refractivity contribution in [2.45, 2.75) is 6.92 Å². The minimum Gasteiger partial charge on any atom is -0.393 e. The summed E-state index contributed by atoms with van der Waals surface area (Å²) in [7, 11) is 0. The van der Waals surface area contributed by atoms with Crippen LogP contribution in [0.15, 0.2) is 30.6 Å². The lowest BCUT2D eigenvalue weighted by molar-refractivity contribution is -0.114. The molecule has 1 heterocycles. The van der Waals surface area contributed by atoms with E-state index in [2.05, 4.69) is 20.6 Å². The Bertz CT molecular complexity index is 596. The van der Waals surface area contributed by atoms with Gasteiger partial charge in [-0.2, -0.15) is 0 Å². The number of hydrogen-bond acceptors (Lipinski definition) is 6. The number of nitrogens with zero attached hydrogens (tertiary/aromatic N) is 2. The van der Waals surface area contributed by atoms with Gasteiger partial charge in [0.15, 0.2) is 11.6 Å². The van der Waals surface area contributed by atoms with Gasteiger partial charge in [-0.3, -0.25) is 4.79 Å². The molecular formula is C12H14N6O. The third kappa shape index (κ3) is 3.09. The van der Waals surface area contributed by atoms with Crippen LogP contribution in [0.3, 0.4) is 0 Å². The Balaban J connectivity index is 2.15. The highest BCUT2D eigenvalue weighted by atomic mass is 16.1. The van der Waals surface area contributed by atoms with Crippen LogP contribution in [0.4, 0.5) is 28.7 Å². The predicted molar refractivity (Wildman–Crippen MR) is 74.9 cm³/mol. The molecular weight excluding hydrogens is 244 g/mol. The Morgan fingerprint density at radius 3 is 2.37 bits per heavy atom. The molecule has 6 N–H and O–H groups in total. The van der Waals surface area contributed by atoms with E-state index in [4.69, 9.17) is 11.5 Å². The number of carbonyl (C=O) groups excluding carboxylic acids is 1. The normalized spacial score (nSPS) is 9.95. The largest absolute Gasteiger partial charge is 0.393 e. The average molecular weight is 258 g/mol. The fourth-order valence-electron chi connectivity index (χ4n) is 1.49. The smallest absolute Gasteiger partial charge is 0.221 e. The first-order chi connectivity index (χ1) is 9.06. The Morgan fingerprint density at radius 1 is 1.11 bits per heavy atom. The number of nitrogens with one attached hydrogen (secondary N) is 2. The van der Waals surface area contributed by atoms with Gasteiger partial charge in [-0.15, -0.1) is 0 Å². The molecule has 19 heavy (non-hydrogen) atoms. The number of benzene rings is 1. The van der Waals surface area contributed by atoms with Crippen LogP contribution in [0.5, 0.6) is 0 Å². The first kappa shape index (κ1) is 12.6. The van der Waals surface area contributed by atoms with Crippen molar-refractivity contribution in [2.24, 2.45) is 0 Å². The van der Waals surface area contributed by atoms with Gasteiger partial charge >= 0.3 is 0 Å². The van der Waals surface area contributed by atoms with Crippen LogP contribution in [0.2, 0.25) is 0 Å². The van der Waals surface area contributed by atoms with Gasteiger partial charge in [0.25, 0.3) is 0 Å². The first-order valence-corrected chi connectivity index (χ1v) is 5.57. The van der Waals surface area contributed by atoms with Gasteiger partial charge in [0.05, 0.1) is 0 Å². The molecule has 0 bridgehead atoms. The van der Waals surface area contributed by atoms with Gasteiger partial charge in [0, 0.05) is 18.3 Å². The van der Waals surface area contributed by atoms with Crippen LogP contribution < -0.4 is 22.1 Å². The Kier molecular flexibility index (Phi) is 3.46. The fourth-order valence-corrected chi connectivity index (χ4v) is 1.49. The van der Waals surface area contributed by atoms with E-state index >= 15 is 0 Å². The van der Waals surface area contributed by atoms with E-state index in [1.807, 2.05) is 0 Å². The van der Waals surface area contributed by atoms with E-state index in [9.17, 15) is 4.79 Å². The Labute approximate surface area is 110 Å². The molecule has 0 saturated heterocycles. The molecule has 1 aromatic carbocycles. The monoisotopic (exact) mass is 258 g/mol. The third-order valence-corrected chi connectivity index (χ3v) is 2.38. The van der Waals surface area contributed by atoms with Crippen molar-refractivity contribution in [3.8, 4) is 0 Å². The molecule has 0 spiro atoms. The minimum absolute atomic E-state index is 0.117. The number of nitrogen functional groups attached to an aromatic ring is 2. The molecule has 0 aliphatic heterocycles. The highest BCUT2D eigenvalue weighted by Crippen LogP contribution is 2.24. The van der Waals surface area contributed by atoms with E-state index < -0.39 is 0 Å². The summed E-state index contributed by atoms with van der Waals surface area (Å²) in [6, 6.07) is 7.13. The summed E-state index contributed by atoms with van der Waals surface area (Å²) in [6.07, 6.45) is 1.33. The van der Waals surface area contributed by atoms with Crippen LogP contribution in [-0.4, -0.2) is 15.9 Å². The first-order valence-electron chi connectivity index (χ1n) is 5.57. The molecule has 0 unspecified atom stereocenters. The number of carbonyl (C=O) groups is 1. The number of hydrogen-bond donors (Lipinski definition) is 4. The van der Waals surface area contributed by atoms with Crippen molar-refractivity contribution in [1.29, 1.82) is 0 Å². The van der Waals surface area contributed by atoms with Crippen molar-refractivity contribution in [1.82, 2.24) is 9.97 Å². The second-order valence-electron chi connectivity index (χ2n) is 3.90. The zero-order valence-electron chi connectivity index (χ0n) is 10.3. The van der Waals surface area contributed by atoms with Crippen molar-refractivity contribution in [3.63, 3.8) is 0 Å². The van der Waals surface area contributed by atoms with Gasteiger partial charge in [0.1, 0.15) is 12.0 Å². The van der Waals surface area contributed by atoms with Crippen LogP contribution in [0.25, 0.3) is 0 Å². The van der Waals surface area contributed by atoms with E-state index in [1.165, 1.54) is 13.3 Å². The van der Waals surface area contributed by atoms with Crippen LogP contribution in [-0.2, 0) is 4.79 Å². The summed E-state index contributed by atoms with van der Waals surface area (Å²) in [6.45, 7) is 1.45. The number of aromatic nitrogens is 2. The third-order valence-electron chi connectivity index (χ3n) is 2.38. The van der Waals surface area contributed by atoms with E-state index in [1.54, 1.807) is 24.3 Å². The van der Waals surface area contributed by atoms with Crippen LogP contribution in [0, 0.1) is 0 Å². The maximum atomic E-state index is 10.9. The molecule has 0 fully saturated rings. The number of nitrogens with two attached hydrogens (primary N) is 2.